The van der Waals surface area contributed by atoms with E-state index in [-0.39, 0.29) is 18.0 Å². The molecule has 0 fully saturated rings. The van der Waals surface area contributed by atoms with Crippen LogP contribution in [0.15, 0.2) is 35.4 Å². The first-order chi connectivity index (χ1) is 12.4. The van der Waals surface area contributed by atoms with Gasteiger partial charge in [-0.15, -0.1) is 0 Å². The Morgan fingerprint density at radius 1 is 1.27 bits per heavy atom. The van der Waals surface area contributed by atoms with E-state index >= 15 is 0 Å². The third-order valence-electron chi connectivity index (χ3n) is 3.52. The molecule has 2 amide bonds. The van der Waals surface area contributed by atoms with E-state index in [1.54, 1.807) is 31.2 Å². The van der Waals surface area contributed by atoms with Crippen molar-refractivity contribution in [3.05, 3.63) is 40.9 Å². The maximum absolute atomic E-state index is 12.3. The van der Waals surface area contributed by atoms with E-state index < -0.39 is 24.5 Å². The van der Waals surface area contributed by atoms with Crippen LogP contribution in [0.5, 0.6) is 0 Å². The van der Waals surface area contributed by atoms with Crippen molar-refractivity contribution in [3.63, 3.8) is 0 Å². The van der Waals surface area contributed by atoms with Crippen molar-refractivity contribution in [3.8, 4) is 0 Å². The maximum Gasteiger partial charge on any atom is 0.326 e. The Kier molecular flexibility index (Phi) is 6.42. The van der Waals surface area contributed by atoms with Gasteiger partial charge in [0.2, 0.25) is 5.91 Å². The van der Waals surface area contributed by atoms with E-state index in [4.69, 9.17) is 4.74 Å². The van der Waals surface area contributed by atoms with Gasteiger partial charge in [-0.3, -0.25) is 23.7 Å². The number of esters is 1. The molecule has 0 saturated carbocycles. The number of nitrogens with zero attached hydrogens (tertiary/aromatic N) is 2. The molecule has 1 aromatic carbocycles. The van der Waals surface area contributed by atoms with E-state index in [0.717, 1.165) is 4.57 Å². The lowest BCUT2D eigenvalue weighted by molar-refractivity contribution is -0.149. The highest BCUT2D eigenvalue weighted by molar-refractivity contribution is 5.88. The van der Waals surface area contributed by atoms with Crippen LogP contribution < -0.4 is 16.2 Å². The summed E-state index contributed by atoms with van der Waals surface area (Å²) >= 11 is 0. The summed E-state index contributed by atoms with van der Waals surface area (Å²) < 4.78 is 5.96. The number of rotatable bonds is 7. The van der Waals surface area contributed by atoms with Gasteiger partial charge in [-0.05, 0) is 26.0 Å². The van der Waals surface area contributed by atoms with Crippen LogP contribution in [0.3, 0.4) is 0 Å². The number of fused-ring (bicyclic) bond motifs is 1. The van der Waals surface area contributed by atoms with Crippen molar-refractivity contribution in [2.45, 2.75) is 26.4 Å². The number of likely N-dealkylation sites (N-methyl/N-ethyl adjacent to an activating group) is 1. The second-order valence-electron chi connectivity index (χ2n) is 5.54. The fourth-order valence-corrected chi connectivity index (χ4v) is 2.23. The number of carbonyl (C=O) groups excluding carboxylic acids is 3. The maximum atomic E-state index is 12.3. The van der Waals surface area contributed by atoms with Crippen molar-refractivity contribution in [1.29, 1.82) is 0 Å². The number of carbonyl (C=O) groups is 3. The molecule has 1 heterocycles. The van der Waals surface area contributed by atoms with Crippen LogP contribution in [0, 0.1) is 0 Å². The number of benzene rings is 1. The van der Waals surface area contributed by atoms with E-state index in [1.165, 1.54) is 13.3 Å². The van der Waals surface area contributed by atoms with Gasteiger partial charge in [0.05, 0.1) is 17.2 Å². The van der Waals surface area contributed by atoms with Gasteiger partial charge in [-0.2, -0.15) is 0 Å². The van der Waals surface area contributed by atoms with Crippen LogP contribution in [-0.2, 0) is 25.7 Å². The molecule has 0 aliphatic carbocycles. The molecule has 26 heavy (non-hydrogen) atoms. The minimum Gasteiger partial charge on any atom is -0.454 e. The number of amides is 2. The lowest BCUT2D eigenvalue weighted by atomic mass is 10.2. The molecule has 0 aliphatic rings. The Morgan fingerprint density at radius 3 is 2.73 bits per heavy atom. The molecule has 2 rings (SSSR count). The molecule has 2 aromatic rings. The van der Waals surface area contributed by atoms with Gasteiger partial charge >= 0.3 is 5.97 Å². The average molecular weight is 360 g/mol. The molecule has 0 spiro atoms. The standard InChI is InChI=1S/C17H20N4O5/c1-3-18-16(24)11(2)20-14(22)9-26-15(23)8-21-10-19-13-7-5-4-6-12(13)17(21)25/h4-7,10-11H,3,8-9H2,1-2H3,(H,18,24)(H,20,22)/t11-/m0/s1. The van der Waals surface area contributed by atoms with Gasteiger partial charge in [-0.25, -0.2) is 4.98 Å². The molecular weight excluding hydrogens is 340 g/mol. The Bertz CT molecular complexity index is 877. The summed E-state index contributed by atoms with van der Waals surface area (Å²) in [6, 6.07) is 6.03. The van der Waals surface area contributed by atoms with Gasteiger partial charge in [0.1, 0.15) is 12.6 Å². The molecule has 0 radical (unpaired) electrons. The number of ether oxygens (including phenoxy) is 1. The molecule has 138 valence electrons. The van der Waals surface area contributed by atoms with Gasteiger partial charge in [0.15, 0.2) is 6.61 Å². The predicted octanol–water partition coefficient (Wildman–Crippen LogP) is -0.419. The van der Waals surface area contributed by atoms with Crippen LogP contribution in [-0.4, -0.2) is 46.5 Å². The van der Waals surface area contributed by atoms with Crippen LogP contribution in [0.25, 0.3) is 10.9 Å². The zero-order valence-electron chi connectivity index (χ0n) is 14.5. The van der Waals surface area contributed by atoms with Gasteiger partial charge < -0.3 is 15.4 Å². The number of aromatic nitrogens is 2. The molecule has 9 nitrogen and oxygen atoms in total. The fraction of sp³-hybridized carbons (Fsp3) is 0.353. The Labute approximate surface area is 149 Å². The van der Waals surface area contributed by atoms with Crippen LogP contribution in [0.1, 0.15) is 13.8 Å². The van der Waals surface area contributed by atoms with Crippen LogP contribution >= 0.6 is 0 Å². The zero-order valence-corrected chi connectivity index (χ0v) is 14.5. The topological polar surface area (TPSA) is 119 Å². The lowest BCUT2D eigenvalue weighted by Crippen LogP contribution is -2.46. The highest BCUT2D eigenvalue weighted by atomic mass is 16.5. The number of para-hydroxylation sites is 1. The third-order valence-corrected chi connectivity index (χ3v) is 3.52. The summed E-state index contributed by atoms with van der Waals surface area (Å²) in [6.07, 6.45) is 1.25. The minimum absolute atomic E-state index is 0.332. The molecule has 2 N–H and O–H groups in total. The van der Waals surface area contributed by atoms with Crippen LogP contribution in [0.2, 0.25) is 0 Å². The molecule has 1 atom stereocenters. The highest BCUT2D eigenvalue weighted by Crippen LogP contribution is 2.04. The molecular formula is C17H20N4O5. The molecule has 0 unspecified atom stereocenters. The molecule has 9 heteroatoms. The molecule has 0 saturated heterocycles. The minimum atomic E-state index is -0.759. The Balaban J connectivity index is 1.89. The normalized spacial score (nSPS) is 11.6. The van der Waals surface area contributed by atoms with E-state index in [2.05, 4.69) is 15.6 Å². The largest absolute Gasteiger partial charge is 0.454 e. The van der Waals surface area contributed by atoms with Crippen molar-refractivity contribution in [1.82, 2.24) is 20.2 Å². The molecule has 0 aliphatic heterocycles. The predicted molar refractivity (Wildman–Crippen MR) is 93.3 cm³/mol. The Morgan fingerprint density at radius 2 is 2.00 bits per heavy atom. The third kappa shape index (κ3) is 4.88. The van der Waals surface area contributed by atoms with E-state index in [9.17, 15) is 19.2 Å². The van der Waals surface area contributed by atoms with E-state index in [0.29, 0.717) is 17.4 Å². The number of hydrogen-bond acceptors (Lipinski definition) is 6. The first-order valence-corrected chi connectivity index (χ1v) is 8.09. The average Bonchev–Trinajstić information content (AvgIpc) is 2.62. The summed E-state index contributed by atoms with van der Waals surface area (Å²) in [6.45, 7) is 2.82. The first kappa shape index (κ1) is 19.1. The Hall–Kier alpha value is -3.23. The summed E-state index contributed by atoms with van der Waals surface area (Å²) in [4.78, 5) is 51.5. The zero-order chi connectivity index (χ0) is 19.1. The van der Waals surface area contributed by atoms with E-state index in [1.807, 2.05) is 0 Å². The van der Waals surface area contributed by atoms with Gasteiger partial charge in [0, 0.05) is 6.54 Å². The summed E-state index contributed by atoms with van der Waals surface area (Å²) in [5.74, 6) is -1.70. The fourth-order valence-electron chi connectivity index (χ4n) is 2.23. The van der Waals surface area contributed by atoms with Gasteiger partial charge in [-0.1, -0.05) is 12.1 Å². The van der Waals surface area contributed by atoms with Crippen molar-refractivity contribution in [2.75, 3.05) is 13.2 Å². The monoisotopic (exact) mass is 360 g/mol. The molecule has 1 aromatic heterocycles. The van der Waals surface area contributed by atoms with Crippen molar-refractivity contribution in [2.24, 2.45) is 0 Å². The second-order valence-corrected chi connectivity index (χ2v) is 5.54. The lowest BCUT2D eigenvalue weighted by Gasteiger charge is -2.13. The first-order valence-electron chi connectivity index (χ1n) is 8.09. The van der Waals surface area contributed by atoms with Crippen LogP contribution in [0.4, 0.5) is 0 Å². The van der Waals surface area contributed by atoms with Gasteiger partial charge in [0.25, 0.3) is 11.5 Å². The van der Waals surface area contributed by atoms with Crippen molar-refractivity contribution >= 4 is 28.7 Å². The highest BCUT2D eigenvalue weighted by Gasteiger charge is 2.16. The second kappa shape index (κ2) is 8.75. The number of hydrogen-bond donors (Lipinski definition) is 2. The molecule has 0 bridgehead atoms. The summed E-state index contributed by atoms with van der Waals surface area (Å²) in [5, 5.41) is 5.36. The SMILES string of the molecule is CCNC(=O)[C@H](C)NC(=O)COC(=O)Cn1cnc2ccccc2c1=O. The summed E-state index contributed by atoms with van der Waals surface area (Å²) in [5.41, 5.74) is 0.155. The van der Waals surface area contributed by atoms with Crippen molar-refractivity contribution < 1.29 is 19.1 Å². The smallest absolute Gasteiger partial charge is 0.326 e. The number of nitrogens with one attached hydrogen (secondary N) is 2. The summed E-state index contributed by atoms with van der Waals surface area (Å²) in [7, 11) is 0. The quantitative estimate of drug-likeness (QED) is 0.647.